The standard InChI is InChI=1S/C17H31NOS/c1-3-18(13-16-8-5-11-20-16)17(19)10-9-15-7-4-6-14(2)12-15/h14-16H,3-13H2,1-2H3. The molecule has 116 valence electrons. The molecule has 1 aliphatic heterocycles. The van der Waals surface area contributed by atoms with Crippen molar-refractivity contribution in [3.63, 3.8) is 0 Å². The molecule has 0 aromatic rings. The van der Waals surface area contributed by atoms with Gasteiger partial charge in [0.1, 0.15) is 0 Å². The second-order valence-electron chi connectivity index (χ2n) is 6.74. The van der Waals surface area contributed by atoms with Gasteiger partial charge < -0.3 is 4.90 Å². The van der Waals surface area contributed by atoms with Crippen LogP contribution in [0.4, 0.5) is 0 Å². The van der Waals surface area contributed by atoms with E-state index in [4.69, 9.17) is 0 Å². The van der Waals surface area contributed by atoms with E-state index < -0.39 is 0 Å². The van der Waals surface area contributed by atoms with E-state index in [0.29, 0.717) is 11.2 Å². The lowest BCUT2D eigenvalue weighted by atomic mass is 9.80. The van der Waals surface area contributed by atoms with Gasteiger partial charge in [0.05, 0.1) is 0 Å². The summed E-state index contributed by atoms with van der Waals surface area (Å²) in [6, 6.07) is 0. The van der Waals surface area contributed by atoms with Crippen molar-refractivity contribution >= 4 is 17.7 Å². The third-order valence-corrected chi connectivity index (χ3v) is 6.37. The van der Waals surface area contributed by atoms with Gasteiger partial charge in [0.25, 0.3) is 0 Å². The van der Waals surface area contributed by atoms with Crippen LogP contribution in [0.1, 0.15) is 65.2 Å². The van der Waals surface area contributed by atoms with Gasteiger partial charge in [0.15, 0.2) is 0 Å². The first kappa shape index (κ1) is 16.2. The lowest BCUT2D eigenvalue weighted by molar-refractivity contribution is -0.131. The summed E-state index contributed by atoms with van der Waals surface area (Å²) in [6.45, 7) is 6.36. The molecule has 0 radical (unpaired) electrons. The van der Waals surface area contributed by atoms with E-state index in [0.717, 1.165) is 37.8 Å². The second kappa shape index (κ2) is 8.31. The molecule has 2 fully saturated rings. The van der Waals surface area contributed by atoms with Gasteiger partial charge in [-0.25, -0.2) is 0 Å². The third-order valence-electron chi connectivity index (χ3n) is 4.99. The van der Waals surface area contributed by atoms with Crippen LogP contribution < -0.4 is 0 Å². The molecular formula is C17H31NOS. The summed E-state index contributed by atoms with van der Waals surface area (Å²) in [6.07, 6.45) is 10.00. The topological polar surface area (TPSA) is 20.3 Å². The Labute approximate surface area is 129 Å². The van der Waals surface area contributed by atoms with E-state index >= 15 is 0 Å². The minimum absolute atomic E-state index is 0.401. The van der Waals surface area contributed by atoms with Gasteiger partial charge in [-0.3, -0.25) is 4.79 Å². The fourth-order valence-corrected chi connectivity index (χ4v) is 5.03. The van der Waals surface area contributed by atoms with E-state index in [2.05, 4.69) is 30.5 Å². The van der Waals surface area contributed by atoms with Gasteiger partial charge in [-0.2, -0.15) is 11.8 Å². The number of carbonyl (C=O) groups excluding carboxylic acids is 1. The van der Waals surface area contributed by atoms with Crippen molar-refractivity contribution in [1.29, 1.82) is 0 Å². The first-order valence-electron chi connectivity index (χ1n) is 8.58. The zero-order valence-corrected chi connectivity index (χ0v) is 14.1. The zero-order chi connectivity index (χ0) is 14.4. The minimum Gasteiger partial charge on any atom is -0.342 e. The van der Waals surface area contributed by atoms with Crippen molar-refractivity contribution in [2.45, 2.75) is 70.5 Å². The van der Waals surface area contributed by atoms with Crippen LogP contribution in [0.2, 0.25) is 0 Å². The molecule has 2 rings (SSSR count). The predicted octanol–water partition coefficient (Wildman–Crippen LogP) is 4.34. The van der Waals surface area contributed by atoms with Gasteiger partial charge in [-0.1, -0.05) is 26.2 Å². The molecule has 0 N–H and O–H groups in total. The molecule has 0 bridgehead atoms. The largest absolute Gasteiger partial charge is 0.342 e. The molecule has 2 aliphatic rings. The number of nitrogens with zero attached hydrogens (tertiary/aromatic N) is 1. The Bertz CT molecular complexity index is 301. The van der Waals surface area contributed by atoms with Gasteiger partial charge in [-0.05, 0) is 50.2 Å². The van der Waals surface area contributed by atoms with Crippen LogP contribution in [-0.4, -0.2) is 34.9 Å². The van der Waals surface area contributed by atoms with Crippen molar-refractivity contribution in [3.05, 3.63) is 0 Å². The molecule has 0 aromatic carbocycles. The van der Waals surface area contributed by atoms with Gasteiger partial charge in [-0.15, -0.1) is 0 Å². The molecule has 1 aliphatic carbocycles. The maximum absolute atomic E-state index is 12.4. The molecule has 0 aromatic heterocycles. The van der Waals surface area contributed by atoms with Crippen LogP contribution in [0, 0.1) is 11.8 Å². The quantitative estimate of drug-likeness (QED) is 0.727. The highest BCUT2D eigenvalue weighted by atomic mass is 32.2. The average Bonchev–Trinajstić information content (AvgIpc) is 2.95. The van der Waals surface area contributed by atoms with E-state index in [1.54, 1.807) is 0 Å². The van der Waals surface area contributed by atoms with Crippen molar-refractivity contribution in [2.75, 3.05) is 18.8 Å². The summed E-state index contributed by atoms with van der Waals surface area (Å²) in [5.74, 6) is 3.37. The monoisotopic (exact) mass is 297 g/mol. The van der Waals surface area contributed by atoms with Crippen LogP contribution in [0.25, 0.3) is 0 Å². The summed E-state index contributed by atoms with van der Waals surface area (Å²) in [7, 11) is 0. The Morgan fingerprint density at radius 1 is 1.25 bits per heavy atom. The smallest absolute Gasteiger partial charge is 0.222 e. The third kappa shape index (κ3) is 4.98. The Hall–Kier alpha value is -0.180. The lowest BCUT2D eigenvalue weighted by Gasteiger charge is -2.28. The molecule has 20 heavy (non-hydrogen) atoms. The Kier molecular flexibility index (Phi) is 6.73. The maximum Gasteiger partial charge on any atom is 0.222 e. The van der Waals surface area contributed by atoms with Crippen LogP contribution in [0.5, 0.6) is 0 Å². The second-order valence-corrected chi connectivity index (χ2v) is 8.15. The fourth-order valence-electron chi connectivity index (χ4n) is 3.75. The molecule has 3 atom stereocenters. The highest BCUT2D eigenvalue weighted by Gasteiger charge is 2.23. The SMILES string of the molecule is CCN(CC1CCCS1)C(=O)CCC1CCCC(C)C1. The van der Waals surface area contributed by atoms with Crippen molar-refractivity contribution < 1.29 is 4.79 Å². The molecular weight excluding hydrogens is 266 g/mol. The highest BCUT2D eigenvalue weighted by Crippen LogP contribution is 2.32. The fraction of sp³-hybridized carbons (Fsp3) is 0.941. The van der Waals surface area contributed by atoms with Gasteiger partial charge >= 0.3 is 0 Å². The zero-order valence-electron chi connectivity index (χ0n) is 13.3. The number of hydrogen-bond acceptors (Lipinski definition) is 2. The summed E-state index contributed by atoms with van der Waals surface area (Å²) in [5, 5.41) is 0.702. The van der Waals surface area contributed by atoms with Crippen LogP contribution >= 0.6 is 11.8 Å². The summed E-state index contributed by atoms with van der Waals surface area (Å²) in [4.78, 5) is 14.5. The Morgan fingerprint density at radius 2 is 2.10 bits per heavy atom. The summed E-state index contributed by atoms with van der Waals surface area (Å²) < 4.78 is 0. The Balaban J connectivity index is 1.71. The van der Waals surface area contributed by atoms with E-state index in [-0.39, 0.29) is 0 Å². The molecule has 1 heterocycles. The van der Waals surface area contributed by atoms with Crippen molar-refractivity contribution in [2.24, 2.45) is 11.8 Å². The molecule has 1 saturated heterocycles. The lowest BCUT2D eigenvalue weighted by Crippen LogP contribution is -2.36. The maximum atomic E-state index is 12.4. The summed E-state index contributed by atoms with van der Waals surface area (Å²) in [5.41, 5.74) is 0. The Morgan fingerprint density at radius 3 is 2.75 bits per heavy atom. The van der Waals surface area contributed by atoms with E-state index in [1.807, 2.05) is 0 Å². The van der Waals surface area contributed by atoms with E-state index in [9.17, 15) is 4.79 Å². The average molecular weight is 298 g/mol. The molecule has 3 unspecified atom stereocenters. The van der Waals surface area contributed by atoms with E-state index in [1.165, 1.54) is 44.3 Å². The first-order chi connectivity index (χ1) is 9.69. The van der Waals surface area contributed by atoms with Crippen molar-refractivity contribution in [3.8, 4) is 0 Å². The van der Waals surface area contributed by atoms with Crippen LogP contribution in [0.15, 0.2) is 0 Å². The minimum atomic E-state index is 0.401. The molecule has 2 nitrogen and oxygen atoms in total. The van der Waals surface area contributed by atoms with Crippen LogP contribution in [-0.2, 0) is 4.79 Å². The van der Waals surface area contributed by atoms with Gasteiger partial charge in [0, 0.05) is 24.8 Å². The van der Waals surface area contributed by atoms with Crippen molar-refractivity contribution in [1.82, 2.24) is 4.90 Å². The predicted molar refractivity (Wildman–Crippen MR) is 88.1 cm³/mol. The molecule has 0 spiro atoms. The number of thioether (sulfide) groups is 1. The van der Waals surface area contributed by atoms with Gasteiger partial charge in [0.2, 0.25) is 5.91 Å². The summed E-state index contributed by atoms with van der Waals surface area (Å²) >= 11 is 2.06. The molecule has 3 heteroatoms. The molecule has 1 amide bonds. The van der Waals surface area contributed by atoms with Crippen LogP contribution in [0.3, 0.4) is 0 Å². The number of amides is 1. The first-order valence-corrected chi connectivity index (χ1v) is 9.63. The highest BCUT2D eigenvalue weighted by molar-refractivity contribution is 8.00. The number of hydrogen-bond donors (Lipinski definition) is 0. The number of carbonyl (C=O) groups is 1. The molecule has 1 saturated carbocycles. The number of rotatable bonds is 6. The normalized spacial score (nSPS) is 30.4.